The lowest BCUT2D eigenvalue weighted by Gasteiger charge is -2.39. The van der Waals surface area contributed by atoms with Crippen LogP contribution < -0.4 is 15.2 Å². The highest BCUT2D eigenvalue weighted by Crippen LogP contribution is 2.42. The summed E-state index contributed by atoms with van der Waals surface area (Å²) in [6.07, 6.45) is 2.27. The molecule has 2 atom stereocenters. The lowest BCUT2D eigenvalue weighted by molar-refractivity contribution is -0.121. The van der Waals surface area contributed by atoms with Crippen molar-refractivity contribution in [2.24, 2.45) is 11.7 Å². The number of carbonyl (C=O) groups is 2. The molecule has 0 aromatic heterocycles. The van der Waals surface area contributed by atoms with Crippen LogP contribution in [-0.2, 0) is 11.2 Å². The summed E-state index contributed by atoms with van der Waals surface area (Å²) in [5, 5.41) is 21.3. The maximum absolute atomic E-state index is 13.1. The Bertz CT molecular complexity index is 1180. The highest BCUT2D eigenvalue weighted by Gasteiger charge is 2.42. The molecule has 3 aliphatic heterocycles. The van der Waals surface area contributed by atoms with Crippen LogP contribution in [0.4, 0.5) is 0 Å². The first-order valence-electron chi connectivity index (χ1n) is 12.6. The third-order valence-corrected chi connectivity index (χ3v) is 7.84. The number of nitrogens with two attached hydrogens (primary N) is 1. The van der Waals surface area contributed by atoms with E-state index in [0.29, 0.717) is 24.5 Å². The fraction of sp³-hybridized carbons (Fsp3) is 0.481. The van der Waals surface area contributed by atoms with Crippen LogP contribution in [-0.4, -0.2) is 82.9 Å². The lowest BCUT2D eigenvalue weighted by Crippen LogP contribution is -2.49. The van der Waals surface area contributed by atoms with Gasteiger partial charge in [-0.2, -0.15) is 0 Å². The fourth-order valence-electron chi connectivity index (χ4n) is 5.52. The van der Waals surface area contributed by atoms with Gasteiger partial charge >= 0.3 is 0 Å². The van der Waals surface area contributed by atoms with Crippen LogP contribution in [0.1, 0.15) is 35.2 Å². The van der Waals surface area contributed by atoms with Gasteiger partial charge in [-0.1, -0.05) is 11.6 Å². The number of aliphatic hydroxyl groups excluding tert-OH is 1. The number of piperidine rings is 1. The van der Waals surface area contributed by atoms with E-state index in [-0.39, 0.29) is 47.6 Å². The monoisotopic (exact) mass is 529 g/mol. The SMILES string of the molecule is NC(=O)C1CCN(C(=O)c2ccc(O)cc2OC[C@@H](O)CN2CCC3(CC2)Cc2cc(Cl)ccc2O3)C1. The summed E-state index contributed by atoms with van der Waals surface area (Å²) in [6.45, 7) is 2.64. The molecule has 198 valence electrons. The number of benzene rings is 2. The second-order valence-electron chi connectivity index (χ2n) is 10.3. The Morgan fingerprint density at radius 2 is 1.97 bits per heavy atom. The third kappa shape index (κ3) is 5.63. The molecule has 0 aliphatic carbocycles. The van der Waals surface area contributed by atoms with Gasteiger partial charge in [0, 0.05) is 63.1 Å². The molecule has 2 amide bonds. The van der Waals surface area contributed by atoms with Gasteiger partial charge in [0.25, 0.3) is 5.91 Å². The standard InChI is InChI=1S/C27H32ClN3O6/c28-19-1-4-23-18(11-19)13-27(37-23)6-9-30(10-7-27)15-21(33)16-36-24-12-20(32)2-3-22(24)26(35)31-8-5-17(14-31)25(29)34/h1-4,11-12,17,21,32-33H,5-10,13-16H2,(H2,29,34)/t17?,21-/m0/s1. The first-order valence-corrected chi connectivity index (χ1v) is 13.0. The third-order valence-electron chi connectivity index (χ3n) is 7.60. The van der Waals surface area contributed by atoms with E-state index in [1.54, 1.807) is 4.90 Å². The smallest absolute Gasteiger partial charge is 0.257 e. The Hall–Kier alpha value is -3.01. The predicted octanol–water partition coefficient (Wildman–Crippen LogP) is 2.20. The number of rotatable bonds is 7. The Morgan fingerprint density at radius 1 is 1.19 bits per heavy atom. The summed E-state index contributed by atoms with van der Waals surface area (Å²) in [7, 11) is 0. The van der Waals surface area contributed by atoms with E-state index in [0.717, 1.165) is 43.7 Å². The van der Waals surface area contributed by atoms with Gasteiger partial charge in [-0.05, 0) is 42.3 Å². The van der Waals surface area contributed by atoms with E-state index >= 15 is 0 Å². The maximum Gasteiger partial charge on any atom is 0.257 e. The number of nitrogens with zero attached hydrogens (tertiary/aromatic N) is 2. The van der Waals surface area contributed by atoms with Crippen molar-refractivity contribution in [1.29, 1.82) is 0 Å². The maximum atomic E-state index is 13.1. The quantitative estimate of drug-likeness (QED) is 0.502. The van der Waals surface area contributed by atoms with Crippen LogP contribution in [0.3, 0.4) is 0 Å². The summed E-state index contributed by atoms with van der Waals surface area (Å²) in [6, 6.07) is 10.0. The highest BCUT2D eigenvalue weighted by molar-refractivity contribution is 6.30. The second kappa shape index (κ2) is 10.4. The van der Waals surface area contributed by atoms with Gasteiger partial charge in [0.05, 0.1) is 11.5 Å². The number of carbonyl (C=O) groups excluding carboxylic acids is 2. The van der Waals surface area contributed by atoms with E-state index < -0.39 is 12.0 Å². The number of phenolic OH excluding ortho intramolecular Hbond substituents is 1. The van der Waals surface area contributed by atoms with Crippen molar-refractivity contribution in [2.75, 3.05) is 39.3 Å². The van der Waals surface area contributed by atoms with E-state index in [1.165, 1.54) is 18.2 Å². The number of likely N-dealkylation sites (tertiary alicyclic amines) is 2. The first kappa shape index (κ1) is 25.6. The van der Waals surface area contributed by atoms with Crippen molar-refractivity contribution >= 4 is 23.4 Å². The van der Waals surface area contributed by atoms with Gasteiger partial charge in [-0.25, -0.2) is 0 Å². The molecule has 2 saturated heterocycles. The molecule has 3 heterocycles. The van der Waals surface area contributed by atoms with Gasteiger partial charge in [-0.3, -0.25) is 9.59 Å². The molecule has 0 bridgehead atoms. The number of phenols is 1. The van der Waals surface area contributed by atoms with Gasteiger partial charge in [0.2, 0.25) is 5.91 Å². The molecule has 10 heteroatoms. The van der Waals surface area contributed by atoms with E-state index in [9.17, 15) is 19.8 Å². The summed E-state index contributed by atoms with van der Waals surface area (Å²) in [4.78, 5) is 28.3. The molecule has 3 aliphatic rings. The number of β-amino-alcohol motifs (C(OH)–C–C–N with tert-alkyl or cyclic N) is 1. The summed E-state index contributed by atoms with van der Waals surface area (Å²) in [5.41, 5.74) is 6.58. The summed E-state index contributed by atoms with van der Waals surface area (Å²) in [5.74, 6) is -0.0250. The molecule has 1 unspecified atom stereocenters. The number of amides is 2. The second-order valence-corrected chi connectivity index (χ2v) is 10.7. The average Bonchev–Trinajstić information content (AvgIpc) is 3.49. The van der Waals surface area contributed by atoms with Crippen molar-refractivity contribution in [3.8, 4) is 17.2 Å². The number of fused-ring (bicyclic) bond motifs is 1. The number of hydrogen-bond acceptors (Lipinski definition) is 7. The number of hydrogen-bond donors (Lipinski definition) is 3. The fourth-order valence-corrected chi connectivity index (χ4v) is 5.71. The normalized spacial score (nSPS) is 21.5. The van der Waals surface area contributed by atoms with Crippen molar-refractivity contribution in [1.82, 2.24) is 9.80 Å². The Labute approximate surface area is 220 Å². The zero-order valence-corrected chi connectivity index (χ0v) is 21.3. The summed E-state index contributed by atoms with van der Waals surface area (Å²) >= 11 is 6.14. The molecule has 2 aromatic rings. The molecule has 4 N–H and O–H groups in total. The van der Waals surface area contributed by atoms with Crippen molar-refractivity contribution in [3.63, 3.8) is 0 Å². The van der Waals surface area contributed by atoms with Gasteiger partial charge in [0.15, 0.2) is 0 Å². The molecule has 2 fully saturated rings. The predicted molar refractivity (Wildman–Crippen MR) is 137 cm³/mol. The highest BCUT2D eigenvalue weighted by atomic mass is 35.5. The van der Waals surface area contributed by atoms with E-state index in [2.05, 4.69) is 4.90 Å². The molecule has 0 radical (unpaired) electrons. The van der Waals surface area contributed by atoms with Crippen LogP contribution in [0.15, 0.2) is 36.4 Å². The largest absolute Gasteiger partial charge is 0.508 e. The van der Waals surface area contributed by atoms with E-state index in [4.69, 9.17) is 26.8 Å². The van der Waals surface area contributed by atoms with Crippen LogP contribution >= 0.6 is 11.6 Å². The van der Waals surface area contributed by atoms with Crippen LogP contribution in [0, 0.1) is 5.92 Å². The minimum atomic E-state index is -0.786. The van der Waals surface area contributed by atoms with Crippen LogP contribution in [0.25, 0.3) is 0 Å². The number of halogens is 1. The van der Waals surface area contributed by atoms with Crippen LogP contribution in [0.5, 0.6) is 17.2 Å². The zero-order valence-electron chi connectivity index (χ0n) is 20.6. The molecule has 5 rings (SSSR count). The average molecular weight is 530 g/mol. The van der Waals surface area contributed by atoms with E-state index in [1.807, 2.05) is 18.2 Å². The zero-order chi connectivity index (χ0) is 26.2. The van der Waals surface area contributed by atoms with Gasteiger partial charge < -0.3 is 35.2 Å². The lowest BCUT2D eigenvalue weighted by atomic mass is 9.87. The number of ether oxygens (including phenoxy) is 2. The van der Waals surface area contributed by atoms with Crippen molar-refractivity contribution < 1.29 is 29.3 Å². The summed E-state index contributed by atoms with van der Waals surface area (Å²) < 4.78 is 12.1. The van der Waals surface area contributed by atoms with Crippen molar-refractivity contribution in [3.05, 3.63) is 52.5 Å². The molecule has 0 saturated carbocycles. The molecule has 9 nitrogen and oxygen atoms in total. The molecular formula is C27H32ClN3O6. The van der Waals surface area contributed by atoms with Gasteiger partial charge in [-0.15, -0.1) is 0 Å². The molecular weight excluding hydrogens is 498 g/mol. The Kier molecular flexibility index (Phi) is 7.20. The minimum absolute atomic E-state index is 0.0320. The molecule has 2 aromatic carbocycles. The number of primary amides is 1. The Morgan fingerprint density at radius 3 is 2.70 bits per heavy atom. The van der Waals surface area contributed by atoms with Crippen molar-refractivity contribution in [2.45, 2.75) is 37.4 Å². The molecule has 1 spiro atoms. The first-order chi connectivity index (χ1) is 17.7. The minimum Gasteiger partial charge on any atom is -0.508 e. The van der Waals surface area contributed by atoms with Crippen LogP contribution in [0.2, 0.25) is 5.02 Å². The number of aromatic hydroxyl groups is 1. The number of aliphatic hydroxyl groups is 1. The van der Waals surface area contributed by atoms with Gasteiger partial charge in [0.1, 0.15) is 35.6 Å². The topological polar surface area (TPSA) is 126 Å². The molecule has 37 heavy (non-hydrogen) atoms. The Balaban J connectivity index is 1.14.